The molecule has 1 fully saturated rings. The Morgan fingerprint density at radius 2 is 2.14 bits per heavy atom. The molecule has 0 radical (unpaired) electrons. The van der Waals surface area contributed by atoms with Crippen molar-refractivity contribution < 1.29 is 4.74 Å². The third-order valence-corrected chi connectivity index (χ3v) is 3.75. The smallest absolute Gasteiger partial charge is 0.193 e. The minimum atomic E-state index is 0. The second-order valence-corrected chi connectivity index (χ2v) is 5.26. The molecule has 0 aromatic heterocycles. The topological polar surface area (TPSA) is 36.9 Å². The van der Waals surface area contributed by atoms with E-state index in [2.05, 4.69) is 45.5 Å². The SMILES string of the molecule is CN=C(NCCOC)N1CCC(Cc2ccccc2)C1.I. The summed E-state index contributed by atoms with van der Waals surface area (Å²) in [6, 6.07) is 10.7. The molecule has 118 valence electrons. The quantitative estimate of drug-likeness (QED) is 0.355. The van der Waals surface area contributed by atoms with Crippen LogP contribution in [0.4, 0.5) is 0 Å². The first kappa shape index (κ1) is 18.2. The molecule has 0 aliphatic carbocycles. The number of likely N-dealkylation sites (tertiary alicyclic amines) is 1. The lowest BCUT2D eigenvalue weighted by atomic mass is 9.99. The number of guanidine groups is 1. The Hall–Kier alpha value is -0.820. The lowest BCUT2D eigenvalue weighted by Gasteiger charge is -2.21. The fourth-order valence-electron chi connectivity index (χ4n) is 2.74. The fraction of sp³-hybridized carbons (Fsp3) is 0.562. The Morgan fingerprint density at radius 3 is 2.81 bits per heavy atom. The van der Waals surface area contributed by atoms with Gasteiger partial charge < -0.3 is 15.0 Å². The fourth-order valence-corrected chi connectivity index (χ4v) is 2.74. The molecule has 0 amide bonds. The molecule has 4 nitrogen and oxygen atoms in total. The summed E-state index contributed by atoms with van der Waals surface area (Å²) in [7, 11) is 3.57. The highest BCUT2D eigenvalue weighted by molar-refractivity contribution is 14.0. The van der Waals surface area contributed by atoms with Crippen LogP contribution in [0.1, 0.15) is 12.0 Å². The van der Waals surface area contributed by atoms with Crippen molar-refractivity contribution in [1.82, 2.24) is 10.2 Å². The van der Waals surface area contributed by atoms with E-state index in [1.165, 1.54) is 12.0 Å². The van der Waals surface area contributed by atoms with Crippen LogP contribution in [0.3, 0.4) is 0 Å². The van der Waals surface area contributed by atoms with Gasteiger partial charge in [0.15, 0.2) is 5.96 Å². The minimum absolute atomic E-state index is 0. The molecule has 1 unspecified atom stereocenters. The molecule has 0 bridgehead atoms. The minimum Gasteiger partial charge on any atom is -0.383 e. The summed E-state index contributed by atoms with van der Waals surface area (Å²) in [5, 5.41) is 3.35. The van der Waals surface area contributed by atoms with Crippen LogP contribution < -0.4 is 5.32 Å². The van der Waals surface area contributed by atoms with Crippen molar-refractivity contribution in [1.29, 1.82) is 0 Å². The molecule has 1 saturated heterocycles. The molecular weight excluding hydrogens is 377 g/mol. The van der Waals surface area contributed by atoms with E-state index in [-0.39, 0.29) is 24.0 Å². The summed E-state index contributed by atoms with van der Waals surface area (Å²) < 4.78 is 5.06. The molecule has 2 rings (SSSR count). The lowest BCUT2D eigenvalue weighted by Crippen LogP contribution is -2.41. The summed E-state index contributed by atoms with van der Waals surface area (Å²) >= 11 is 0. The van der Waals surface area contributed by atoms with Crippen LogP contribution in [-0.4, -0.2) is 51.3 Å². The molecule has 1 aromatic rings. The average Bonchev–Trinajstić information content (AvgIpc) is 2.93. The number of ether oxygens (including phenoxy) is 1. The molecule has 0 spiro atoms. The first-order valence-corrected chi connectivity index (χ1v) is 7.32. The predicted octanol–water partition coefficient (Wildman–Crippen LogP) is 2.39. The van der Waals surface area contributed by atoms with Crippen molar-refractivity contribution in [2.75, 3.05) is 40.4 Å². The summed E-state index contributed by atoms with van der Waals surface area (Å²) in [5.74, 6) is 1.72. The van der Waals surface area contributed by atoms with Gasteiger partial charge in [-0.3, -0.25) is 4.99 Å². The van der Waals surface area contributed by atoms with Gasteiger partial charge in [-0.05, 0) is 24.3 Å². The van der Waals surface area contributed by atoms with Crippen LogP contribution in [0, 0.1) is 5.92 Å². The second-order valence-electron chi connectivity index (χ2n) is 5.26. The largest absolute Gasteiger partial charge is 0.383 e. The summed E-state index contributed by atoms with van der Waals surface area (Å²) in [6.45, 7) is 3.69. The van der Waals surface area contributed by atoms with Gasteiger partial charge in [-0.25, -0.2) is 0 Å². The van der Waals surface area contributed by atoms with Gasteiger partial charge in [-0.1, -0.05) is 30.3 Å². The van der Waals surface area contributed by atoms with Crippen LogP contribution in [-0.2, 0) is 11.2 Å². The molecule has 1 aromatic carbocycles. The number of aliphatic imine (C=N–C) groups is 1. The van der Waals surface area contributed by atoms with Crippen molar-refractivity contribution >= 4 is 29.9 Å². The molecule has 1 aliphatic heterocycles. The van der Waals surface area contributed by atoms with Gasteiger partial charge in [-0.15, -0.1) is 24.0 Å². The molecular formula is C16H26IN3O. The third-order valence-electron chi connectivity index (χ3n) is 3.75. The number of hydrogen-bond acceptors (Lipinski definition) is 2. The second kappa shape index (κ2) is 10.00. The Balaban J connectivity index is 0.00000220. The van der Waals surface area contributed by atoms with Gasteiger partial charge in [0.1, 0.15) is 0 Å². The number of nitrogens with one attached hydrogen (secondary N) is 1. The lowest BCUT2D eigenvalue weighted by molar-refractivity contribution is 0.203. The van der Waals surface area contributed by atoms with E-state index in [9.17, 15) is 0 Å². The Morgan fingerprint density at radius 1 is 1.38 bits per heavy atom. The van der Waals surface area contributed by atoms with Crippen molar-refractivity contribution in [2.24, 2.45) is 10.9 Å². The van der Waals surface area contributed by atoms with Crippen molar-refractivity contribution in [3.63, 3.8) is 0 Å². The first-order chi connectivity index (χ1) is 9.83. The summed E-state index contributed by atoms with van der Waals surface area (Å²) in [4.78, 5) is 6.71. The van der Waals surface area contributed by atoms with Crippen LogP contribution in [0.5, 0.6) is 0 Å². The monoisotopic (exact) mass is 403 g/mol. The maximum atomic E-state index is 5.06. The Bertz CT molecular complexity index is 425. The highest BCUT2D eigenvalue weighted by Crippen LogP contribution is 2.20. The highest BCUT2D eigenvalue weighted by atomic mass is 127. The molecule has 1 heterocycles. The van der Waals surface area contributed by atoms with E-state index < -0.39 is 0 Å². The zero-order chi connectivity index (χ0) is 14.2. The van der Waals surface area contributed by atoms with Crippen molar-refractivity contribution in [3.8, 4) is 0 Å². The third kappa shape index (κ3) is 5.82. The highest BCUT2D eigenvalue weighted by Gasteiger charge is 2.24. The number of rotatable bonds is 5. The van der Waals surface area contributed by atoms with Crippen molar-refractivity contribution in [2.45, 2.75) is 12.8 Å². The number of hydrogen-bond donors (Lipinski definition) is 1. The summed E-state index contributed by atoms with van der Waals surface area (Å²) in [6.07, 6.45) is 2.40. The van der Waals surface area contributed by atoms with Crippen LogP contribution in [0.25, 0.3) is 0 Å². The molecule has 21 heavy (non-hydrogen) atoms. The maximum Gasteiger partial charge on any atom is 0.193 e. The zero-order valence-corrected chi connectivity index (χ0v) is 15.2. The normalized spacial score (nSPS) is 18.5. The van der Waals surface area contributed by atoms with Gasteiger partial charge >= 0.3 is 0 Å². The van der Waals surface area contributed by atoms with Gasteiger partial charge in [0.2, 0.25) is 0 Å². The molecule has 1 N–H and O–H groups in total. The number of nitrogens with zero attached hydrogens (tertiary/aromatic N) is 2. The van der Waals surface area contributed by atoms with Gasteiger partial charge in [0.05, 0.1) is 6.61 Å². The van der Waals surface area contributed by atoms with E-state index in [0.717, 1.165) is 37.9 Å². The zero-order valence-electron chi connectivity index (χ0n) is 12.9. The number of benzene rings is 1. The maximum absolute atomic E-state index is 5.06. The Kier molecular flexibility index (Phi) is 8.68. The van der Waals surface area contributed by atoms with Crippen LogP contribution >= 0.6 is 24.0 Å². The molecule has 1 atom stereocenters. The van der Waals surface area contributed by atoms with E-state index in [0.29, 0.717) is 6.61 Å². The van der Waals surface area contributed by atoms with E-state index in [4.69, 9.17) is 4.74 Å². The number of methoxy groups -OCH3 is 1. The standard InChI is InChI=1S/C16H25N3O.HI/c1-17-16(18-9-11-20-2)19-10-8-15(13-19)12-14-6-4-3-5-7-14;/h3-7,15H,8-13H2,1-2H3,(H,17,18);1H. The van der Waals surface area contributed by atoms with Crippen LogP contribution in [0.2, 0.25) is 0 Å². The van der Waals surface area contributed by atoms with Gasteiger partial charge in [0, 0.05) is 33.8 Å². The number of halogens is 1. The molecule has 1 aliphatic rings. The van der Waals surface area contributed by atoms with E-state index in [1.807, 2.05) is 7.05 Å². The average molecular weight is 403 g/mol. The Labute approximate surface area is 145 Å². The predicted molar refractivity (Wildman–Crippen MR) is 98.5 cm³/mol. The molecule has 0 saturated carbocycles. The molecule has 5 heteroatoms. The first-order valence-electron chi connectivity index (χ1n) is 7.32. The van der Waals surface area contributed by atoms with Crippen molar-refractivity contribution in [3.05, 3.63) is 35.9 Å². The van der Waals surface area contributed by atoms with Gasteiger partial charge in [0.25, 0.3) is 0 Å². The van der Waals surface area contributed by atoms with Gasteiger partial charge in [-0.2, -0.15) is 0 Å². The summed E-state index contributed by atoms with van der Waals surface area (Å²) in [5.41, 5.74) is 1.43. The van der Waals surface area contributed by atoms with Crippen LogP contribution in [0.15, 0.2) is 35.3 Å². The van der Waals surface area contributed by atoms with E-state index >= 15 is 0 Å². The van der Waals surface area contributed by atoms with E-state index in [1.54, 1.807) is 7.11 Å².